The number of phenols is 1. The molecule has 0 spiro atoms. The Labute approximate surface area is 156 Å². The van der Waals surface area contributed by atoms with Gasteiger partial charge in [0.1, 0.15) is 5.75 Å². The molecule has 132 valence electrons. The van der Waals surface area contributed by atoms with Crippen molar-refractivity contribution in [3.63, 3.8) is 0 Å². The molecule has 5 heteroatoms. The molecule has 1 atom stereocenters. The summed E-state index contributed by atoms with van der Waals surface area (Å²) in [5.74, 6) is 1.16. The lowest BCUT2D eigenvalue weighted by Gasteiger charge is -2.43. The van der Waals surface area contributed by atoms with Crippen LogP contribution >= 0.6 is 24.8 Å². The van der Waals surface area contributed by atoms with Gasteiger partial charge in [0.05, 0.1) is 0 Å². The number of nitrogens with one attached hydrogen (secondary N) is 1. The van der Waals surface area contributed by atoms with Gasteiger partial charge in [0.15, 0.2) is 0 Å². The van der Waals surface area contributed by atoms with Crippen LogP contribution in [0.15, 0.2) is 36.4 Å². The first kappa shape index (κ1) is 19.3. The predicted molar refractivity (Wildman–Crippen MR) is 105 cm³/mol. The molecule has 2 N–H and O–H groups in total. The van der Waals surface area contributed by atoms with Crippen LogP contribution in [0.3, 0.4) is 0 Å². The summed E-state index contributed by atoms with van der Waals surface area (Å²) >= 11 is 0. The average Bonchev–Trinajstić information content (AvgIpc) is 2.53. The zero-order valence-corrected chi connectivity index (χ0v) is 15.4. The molecule has 1 heterocycles. The van der Waals surface area contributed by atoms with Crippen molar-refractivity contribution < 1.29 is 5.11 Å². The van der Waals surface area contributed by atoms with Gasteiger partial charge in [-0.15, -0.1) is 24.8 Å². The second-order valence-electron chi connectivity index (χ2n) is 6.64. The van der Waals surface area contributed by atoms with Crippen molar-refractivity contribution in [3.05, 3.63) is 42.0 Å². The Morgan fingerprint density at radius 3 is 2.25 bits per heavy atom. The number of piperazine rings is 1. The van der Waals surface area contributed by atoms with Crippen LogP contribution in [0.25, 0.3) is 10.8 Å². The Hall–Kier alpha value is -1.00. The van der Waals surface area contributed by atoms with E-state index in [1.54, 1.807) is 0 Å². The highest BCUT2D eigenvalue weighted by atomic mass is 35.5. The Morgan fingerprint density at radius 1 is 0.958 bits per heavy atom. The third-order valence-electron chi connectivity index (χ3n) is 5.39. The summed E-state index contributed by atoms with van der Waals surface area (Å²) in [5.41, 5.74) is 1.40. The normalized spacial score (nSPS) is 19.8. The average molecular weight is 369 g/mol. The van der Waals surface area contributed by atoms with Gasteiger partial charge in [-0.3, -0.25) is 4.90 Å². The molecule has 3 nitrogen and oxygen atoms in total. The van der Waals surface area contributed by atoms with E-state index in [1.807, 2.05) is 18.2 Å². The summed E-state index contributed by atoms with van der Waals surface area (Å²) in [4.78, 5) is 2.65. The number of hydrogen-bond donors (Lipinski definition) is 2. The van der Waals surface area contributed by atoms with E-state index in [0.29, 0.717) is 11.8 Å². The van der Waals surface area contributed by atoms with E-state index in [9.17, 15) is 5.11 Å². The van der Waals surface area contributed by atoms with Crippen molar-refractivity contribution in [2.24, 2.45) is 5.92 Å². The topological polar surface area (TPSA) is 35.5 Å². The number of hydrogen-bond acceptors (Lipinski definition) is 3. The van der Waals surface area contributed by atoms with Crippen molar-refractivity contribution in [1.29, 1.82) is 0 Å². The molecule has 2 aliphatic rings. The summed E-state index contributed by atoms with van der Waals surface area (Å²) < 4.78 is 0. The maximum Gasteiger partial charge on any atom is 0.123 e. The summed E-state index contributed by atoms with van der Waals surface area (Å²) in [6.07, 6.45) is 4.04. The number of nitrogens with zero attached hydrogens (tertiary/aromatic N) is 1. The fourth-order valence-electron chi connectivity index (χ4n) is 4.03. The fraction of sp³-hybridized carbons (Fsp3) is 0.474. The molecule has 2 aromatic rings. The van der Waals surface area contributed by atoms with Gasteiger partial charge < -0.3 is 10.4 Å². The minimum absolute atomic E-state index is 0. The van der Waals surface area contributed by atoms with E-state index in [0.717, 1.165) is 37.5 Å². The Kier molecular flexibility index (Phi) is 6.76. The molecule has 1 aliphatic heterocycles. The molecule has 2 fully saturated rings. The molecule has 1 saturated heterocycles. The largest absolute Gasteiger partial charge is 0.507 e. The highest BCUT2D eigenvalue weighted by molar-refractivity contribution is 5.91. The number of aromatic hydroxyl groups is 1. The van der Waals surface area contributed by atoms with Crippen molar-refractivity contribution in [2.75, 3.05) is 26.2 Å². The first-order chi connectivity index (χ1) is 10.8. The summed E-state index contributed by atoms with van der Waals surface area (Å²) in [6, 6.07) is 12.8. The van der Waals surface area contributed by atoms with Crippen LogP contribution in [0.5, 0.6) is 5.75 Å². The number of fused-ring (bicyclic) bond motifs is 1. The van der Waals surface area contributed by atoms with Crippen LogP contribution in [-0.4, -0.2) is 36.2 Å². The summed E-state index contributed by atoms with van der Waals surface area (Å²) in [6.45, 7) is 4.41. The molecular formula is C19H26Cl2N2O. The van der Waals surface area contributed by atoms with Crippen LogP contribution in [0.4, 0.5) is 0 Å². The van der Waals surface area contributed by atoms with E-state index in [2.05, 4.69) is 28.4 Å². The first-order valence-electron chi connectivity index (χ1n) is 8.50. The van der Waals surface area contributed by atoms with E-state index >= 15 is 0 Å². The zero-order valence-electron chi connectivity index (χ0n) is 13.8. The second-order valence-corrected chi connectivity index (χ2v) is 6.64. The van der Waals surface area contributed by atoms with Crippen molar-refractivity contribution in [3.8, 4) is 5.75 Å². The quantitative estimate of drug-likeness (QED) is 0.854. The van der Waals surface area contributed by atoms with Gasteiger partial charge in [-0.25, -0.2) is 0 Å². The molecule has 1 saturated carbocycles. The number of rotatable bonds is 3. The van der Waals surface area contributed by atoms with Crippen LogP contribution in [0.1, 0.15) is 30.9 Å². The van der Waals surface area contributed by atoms with Crippen LogP contribution in [0, 0.1) is 5.92 Å². The van der Waals surface area contributed by atoms with Crippen molar-refractivity contribution in [1.82, 2.24) is 10.2 Å². The smallest absolute Gasteiger partial charge is 0.123 e. The van der Waals surface area contributed by atoms with E-state index < -0.39 is 0 Å². The summed E-state index contributed by atoms with van der Waals surface area (Å²) in [5, 5.41) is 15.8. The molecule has 1 aliphatic carbocycles. The number of benzene rings is 2. The molecule has 2 aromatic carbocycles. The van der Waals surface area contributed by atoms with Gasteiger partial charge in [-0.05, 0) is 35.8 Å². The van der Waals surface area contributed by atoms with Crippen LogP contribution in [-0.2, 0) is 0 Å². The Morgan fingerprint density at radius 2 is 1.62 bits per heavy atom. The molecule has 4 rings (SSSR count). The third kappa shape index (κ3) is 3.50. The van der Waals surface area contributed by atoms with E-state index in [4.69, 9.17) is 0 Å². The molecule has 0 radical (unpaired) electrons. The maximum absolute atomic E-state index is 10.2. The van der Waals surface area contributed by atoms with Gasteiger partial charge in [-0.1, -0.05) is 36.8 Å². The van der Waals surface area contributed by atoms with Gasteiger partial charge >= 0.3 is 0 Å². The third-order valence-corrected chi connectivity index (χ3v) is 5.39. The standard InChI is InChI=1S/C19H24N2O.2ClH/c22-18-9-8-17(15-6-1-2-7-16(15)18)19(14-4-3-5-14)21-12-10-20-11-13-21;;/h1-2,6-9,14,19-20,22H,3-5,10-13H2;2*1H/t19-;;/m1../s1. The number of phenolic OH excluding ortho intramolecular Hbond substituents is 1. The molecule has 0 bridgehead atoms. The highest BCUT2D eigenvalue weighted by Gasteiger charge is 2.34. The predicted octanol–water partition coefficient (Wildman–Crippen LogP) is 4.14. The second kappa shape index (κ2) is 8.39. The maximum atomic E-state index is 10.2. The minimum atomic E-state index is 0. The monoisotopic (exact) mass is 368 g/mol. The molecule has 0 amide bonds. The van der Waals surface area contributed by atoms with Gasteiger partial charge in [-0.2, -0.15) is 0 Å². The van der Waals surface area contributed by atoms with Crippen molar-refractivity contribution >= 4 is 35.6 Å². The lowest BCUT2D eigenvalue weighted by atomic mass is 9.75. The lowest BCUT2D eigenvalue weighted by molar-refractivity contribution is 0.0846. The SMILES string of the molecule is Cl.Cl.Oc1ccc([C@@H](C2CCC2)N2CCNCC2)c2ccccc12. The highest BCUT2D eigenvalue weighted by Crippen LogP contribution is 2.44. The van der Waals surface area contributed by atoms with Gasteiger partial charge in [0.2, 0.25) is 0 Å². The molecule has 24 heavy (non-hydrogen) atoms. The first-order valence-corrected chi connectivity index (χ1v) is 8.50. The van der Waals surface area contributed by atoms with Gasteiger partial charge in [0, 0.05) is 37.6 Å². The van der Waals surface area contributed by atoms with Crippen molar-refractivity contribution in [2.45, 2.75) is 25.3 Å². The number of halogens is 2. The van der Waals surface area contributed by atoms with E-state index in [1.165, 1.54) is 30.2 Å². The molecule has 0 aromatic heterocycles. The fourth-order valence-corrected chi connectivity index (χ4v) is 4.03. The summed E-state index contributed by atoms with van der Waals surface area (Å²) in [7, 11) is 0. The van der Waals surface area contributed by atoms with Gasteiger partial charge in [0.25, 0.3) is 0 Å². The lowest BCUT2D eigenvalue weighted by Crippen LogP contribution is -2.47. The van der Waals surface area contributed by atoms with E-state index in [-0.39, 0.29) is 24.8 Å². The Bertz CT molecular complexity index is 669. The molecule has 0 unspecified atom stereocenters. The Balaban J connectivity index is 0.00000104. The molecular weight excluding hydrogens is 343 g/mol. The van der Waals surface area contributed by atoms with Crippen LogP contribution in [0.2, 0.25) is 0 Å². The minimum Gasteiger partial charge on any atom is -0.507 e. The zero-order chi connectivity index (χ0) is 14.9. The van der Waals surface area contributed by atoms with Crippen LogP contribution < -0.4 is 5.32 Å².